The lowest BCUT2D eigenvalue weighted by Gasteiger charge is -2.04. The predicted octanol–water partition coefficient (Wildman–Crippen LogP) is 1.88. The Bertz CT molecular complexity index is 450. The molecule has 0 N–H and O–H groups in total. The van der Waals surface area contributed by atoms with E-state index < -0.39 is 28.2 Å². The molecular weight excluding hydrogens is 215 g/mol. The van der Waals surface area contributed by atoms with E-state index in [-0.39, 0.29) is 0 Å². The van der Waals surface area contributed by atoms with Crippen molar-refractivity contribution in [2.45, 2.75) is 6.18 Å². The van der Waals surface area contributed by atoms with Crippen LogP contribution in [0.3, 0.4) is 0 Å². The highest BCUT2D eigenvalue weighted by Gasteiger charge is 2.34. The van der Waals surface area contributed by atoms with Crippen LogP contribution in [0.15, 0.2) is 12.1 Å². The first kappa shape index (κ1) is 10.9. The number of alkyl halides is 3. The molecule has 0 fully saturated rings. The molecule has 0 atom stereocenters. The SMILES string of the molecule is N#Cc1nc(C(F)(F)F)ccc1[N+](=O)[O-]. The molecule has 15 heavy (non-hydrogen) atoms. The van der Waals surface area contributed by atoms with Gasteiger partial charge in [0.2, 0.25) is 5.69 Å². The summed E-state index contributed by atoms with van der Waals surface area (Å²) in [5, 5.41) is 18.6. The summed E-state index contributed by atoms with van der Waals surface area (Å²) in [4.78, 5) is 12.2. The Morgan fingerprint density at radius 2 is 2.07 bits per heavy atom. The molecule has 1 heterocycles. The lowest BCUT2D eigenvalue weighted by molar-refractivity contribution is -0.385. The number of nitrogens with zero attached hydrogens (tertiary/aromatic N) is 3. The summed E-state index contributed by atoms with van der Waals surface area (Å²) in [5.41, 5.74) is -2.93. The van der Waals surface area contributed by atoms with Gasteiger partial charge in [0.1, 0.15) is 11.8 Å². The highest BCUT2D eigenvalue weighted by Crippen LogP contribution is 2.29. The summed E-state index contributed by atoms with van der Waals surface area (Å²) in [7, 11) is 0. The molecule has 8 heteroatoms. The van der Waals surface area contributed by atoms with Crippen LogP contribution in [0.2, 0.25) is 0 Å². The Labute approximate surface area is 80.9 Å². The number of halogens is 3. The van der Waals surface area contributed by atoms with Gasteiger partial charge in [0.05, 0.1) is 4.92 Å². The molecule has 0 aliphatic carbocycles. The number of nitriles is 1. The van der Waals surface area contributed by atoms with Gasteiger partial charge < -0.3 is 0 Å². The fraction of sp³-hybridized carbons (Fsp3) is 0.143. The standard InChI is InChI=1S/C7H2F3N3O2/c8-7(9,10)6-2-1-5(13(14)15)4(3-11)12-6/h1-2H. The third-order valence-corrected chi connectivity index (χ3v) is 1.47. The van der Waals surface area contributed by atoms with Gasteiger partial charge in [-0.1, -0.05) is 0 Å². The first-order valence-electron chi connectivity index (χ1n) is 3.49. The first-order valence-corrected chi connectivity index (χ1v) is 3.49. The van der Waals surface area contributed by atoms with Crippen LogP contribution in [0.4, 0.5) is 18.9 Å². The van der Waals surface area contributed by atoms with Crippen molar-refractivity contribution < 1.29 is 18.1 Å². The average Bonchev–Trinajstić information content (AvgIpc) is 2.15. The maximum atomic E-state index is 12.1. The van der Waals surface area contributed by atoms with Gasteiger partial charge in [-0.15, -0.1) is 0 Å². The molecule has 0 amide bonds. The predicted molar refractivity (Wildman–Crippen MR) is 40.6 cm³/mol. The molecule has 0 radical (unpaired) electrons. The van der Waals surface area contributed by atoms with Crippen molar-refractivity contribution in [1.82, 2.24) is 4.98 Å². The molecule has 5 nitrogen and oxygen atoms in total. The Morgan fingerprint density at radius 3 is 2.47 bits per heavy atom. The van der Waals surface area contributed by atoms with Crippen molar-refractivity contribution in [3.05, 3.63) is 33.6 Å². The van der Waals surface area contributed by atoms with Gasteiger partial charge in [-0.25, -0.2) is 4.98 Å². The van der Waals surface area contributed by atoms with Crippen LogP contribution >= 0.6 is 0 Å². The van der Waals surface area contributed by atoms with Gasteiger partial charge in [-0.3, -0.25) is 10.1 Å². The second-order valence-electron chi connectivity index (χ2n) is 2.43. The van der Waals surface area contributed by atoms with Gasteiger partial charge >= 0.3 is 11.9 Å². The normalized spacial score (nSPS) is 10.8. The third-order valence-electron chi connectivity index (χ3n) is 1.47. The van der Waals surface area contributed by atoms with Crippen LogP contribution in [-0.2, 0) is 6.18 Å². The highest BCUT2D eigenvalue weighted by molar-refractivity contribution is 5.44. The van der Waals surface area contributed by atoms with E-state index in [1.165, 1.54) is 6.07 Å². The molecule has 0 unspecified atom stereocenters. The van der Waals surface area contributed by atoms with Crippen molar-refractivity contribution >= 4 is 5.69 Å². The minimum Gasteiger partial charge on any atom is -0.258 e. The topological polar surface area (TPSA) is 79.8 Å². The van der Waals surface area contributed by atoms with Crippen molar-refractivity contribution in [3.63, 3.8) is 0 Å². The quantitative estimate of drug-likeness (QED) is 0.531. The van der Waals surface area contributed by atoms with Crippen LogP contribution in [0.5, 0.6) is 0 Å². The molecule has 0 aliphatic heterocycles. The van der Waals surface area contributed by atoms with Crippen molar-refractivity contribution in [2.75, 3.05) is 0 Å². The van der Waals surface area contributed by atoms with E-state index in [2.05, 4.69) is 4.98 Å². The molecule has 0 bridgehead atoms. The molecular formula is C7H2F3N3O2. The van der Waals surface area contributed by atoms with Crippen LogP contribution in [0.1, 0.15) is 11.4 Å². The number of hydrogen-bond acceptors (Lipinski definition) is 4. The number of aromatic nitrogens is 1. The van der Waals surface area contributed by atoms with Gasteiger partial charge in [0.25, 0.3) is 0 Å². The Morgan fingerprint density at radius 1 is 1.47 bits per heavy atom. The minimum absolute atomic E-state index is 0.457. The summed E-state index contributed by atoms with van der Waals surface area (Å²) in [5.74, 6) is 0. The van der Waals surface area contributed by atoms with Crippen LogP contribution in [0, 0.1) is 21.4 Å². The zero-order chi connectivity index (χ0) is 11.6. The van der Waals surface area contributed by atoms with Gasteiger partial charge in [0.15, 0.2) is 0 Å². The van der Waals surface area contributed by atoms with Crippen LogP contribution in [0.25, 0.3) is 0 Å². The fourth-order valence-corrected chi connectivity index (χ4v) is 0.839. The van der Waals surface area contributed by atoms with Crippen molar-refractivity contribution in [3.8, 4) is 6.07 Å². The maximum absolute atomic E-state index is 12.1. The van der Waals surface area contributed by atoms with E-state index in [4.69, 9.17) is 5.26 Å². The molecule has 0 saturated carbocycles. The largest absolute Gasteiger partial charge is 0.433 e. The van der Waals surface area contributed by atoms with E-state index in [1.54, 1.807) is 0 Å². The number of rotatable bonds is 1. The average molecular weight is 217 g/mol. The zero-order valence-corrected chi connectivity index (χ0v) is 6.95. The van der Waals surface area contributed by atoms with Gasteiger partial charge in [0, 0.05) is 6.07 Å². The molecule has 0 saturated heterocycles. The summed E-state index contributed by atoms with van der Waals surface area (Å²) >= 11 is 0. The summed E-state index contributed by atoms with van der Waals surface area (Å²) in [6, 6.07) is 2.30. The maximum Gasteiger partial charge on any atom is 0.433 e. The second kappa shape index (κ2) is 3.53. The van der Waals surface area contributed by atoms with Crippen molar-refractivity contribution in [1.29, 1.82) is 5.26 Å². The zero-order valence-electron chi connectivity index (χ0n) is 6.95. The second-order valence-corrected chi connectivity index (χ2v) is 2.43. The Balaban J connectivity index is 3.34. The molecule has 0 aliphatic rings. The van der Waals surface area contributed by atoms with E-state index in [1.807, 2.05) is 0 Å². The monoisotopic (exact) mass is 217 g/mol. The lowest BCUT2D eigenvalue weighted by atomic mass is 10.2. The summed E-state index contributed by atoms with van der Waals surface area (Å²) < 4.78 is 36.3. The van der Waals surface area contributed by atoms with Crippen molar-refractivity contribution in [2.24, 2.45) is 0 Å². The number of pyridine rings is 1. The molecule has 1 rings (SSSR count). The van der Waals surface area contributed by atoms with E-state index in [0.717, 1.165) is 0 Å². The Kier molecular flexibility index (Phi) is 2.57. The molecule has 0 aromatic carbocycles. The Hall–Kier alpha value is -2.17. The lowest BCUT2D eigenvalue weighted by Crippen LogP contribution is -2.09. The van der Waals surface area contributed by atoms with Crippen LogP contribution in [-0.4, -0.2) is 9.91 Å². The van der Waals surface area contributed by atoms with E-state index in [9.17, 15) is 23.3 Å². The third kappa shape index (κ3) is 2.19. The summed E-state index contributed by atoms with van der Waals surface area (Å²) in [6.45, 7) is 0. The smallest absolute Gasteiger partial charge is 0.258 e. The highest BCUT2D eigenvalue weighted by atomic mass is 19.4. The molecule has 0 spiro atoms. The minimum atomic E-state index is -4.72. The molecule has 78 valence electrons. The number of nitro groups is 1. The first-order chi connectivity index (χ1) is 6.86. The van der Waals surface area contributed by atoms with Crippen LogP contribution < -0.4 is 0 Å². The van der Waals surface area contributed by atoms with E-state index >= 15 is 0 Å². The van der Waals surface area contributed by atoms with Gasteiger partial charge in [-0.2, -0.15) is 18.4 Å². The molecule has 1 aromatic rings. The van der Waals surface area contributed by atoms with E-state index in [0.29, 0.717) is 12.1 Å². The van der Waals surface area contributed by atoms with Gasteiger partial charge in [-0.05, 0) is 6.07 Å². The number of hydrogen-bond donors (Lipinski definition) is 0. The fourth-order valence-electron chi connectivity index (χ4n) is 0.839. The molecule has 1 aromatic heterocycles. The summed E-state index contributed by atoms with van der Waals surface area (Å²) in [6.07, 6.45) is -4.72.